The quantitative estimate of drug-likeness (QED) is 0.0222. The van der Waals surface area contributed by atoms with E-state index in [1.54, 1.807) is 0 Å². The van der Waals surface area contributed by atoms with Crippen molar-refractivity contribution in [3.05, 3.63) is 0 Å². The summed E-state index contributed by atoms with van der Waals surface area (Å²) in [6.07, 6.45) is 59.9. The molecule has 98 heavy (non-hydrogen) atoms. The molecule has 582 valence electrons. The number of aliphatic hydroxyl groups excluding tert-OH is 1. The van der Waals surface area contributed by atoms with Crippen LogP contribution in [0.25, 0.3) is 0 Å². The highest BCUT2D eigenvalue weighted by Crippen LogP contribution is 2.45. The minimum Gasteiger partial charge on any atom is -0.462 e. The Morgan fingerprint density at radius 2 is 0.469 bits per heavy atom. The maximum Gasteiger partial charge on any atom is 0.472 e. The van der Waals surface area contributed by atoms with Crippen molar-refractivity contribution in [2.24, 2.45) is 11.8 Å². The fourth-order valence-electron chi connectivity index (χ4n) is 12.2. The lowest BCUT2D eigenvalue weighted by Crippen LogP contribution is -2.30. The average molecular weight is 1440 g/mol. The molecule has 0 bridgehead atoms. The van der Waals surface area contributed by atoms with Crippen LogP contribution >= 0.6 is 15.6 Å². The van der Waals surface area contributed by atoms with E-state index in [2.05, 4.69) is 41.5 Å². The Bertz CT molecular complexity index is 1890. The van der Waals surface area contributed by atoms with Crippen molar-refractivity contribution in [2.75, 3.05) is 39.6 Å². The highest BCUT2D eigenvalue weighted by atomic mass is 31.2. The van der Waals surface area contributed by atoms with Crippen LogP contribution in [-0.4, -0.2) is 96.7 Å². The van der Waals surface area contributed by atoms with E-state index in [1.165, 1.54) is 225 Å². The maximum absolute atomic E-state index is 13.1. The van der Waals surface area contributed by atoms with Gasteiger partial charge in [-0.05, 0) is 37.5 Å². The van der Waals surface area contributed by atoms with Crippen LogP contribution in [0.1, 0.15) is 414 Å². The van der Waals surface area contributed by atoms with Crippen LogP contribution in [-0.2, 0) is 65.4 Å². The first-order valence-electron chi connectivity index (χ1n) is 41.0. The molecule has 3 N–H and O–H groups in total. The molecule has 19 heteroatoms. The Balaban J connectivity index is 5.17. The third kappa shape index (κ3) is 72.4. The lowest BCUT2D eigenvalue weighted by molar-refractivity contribution is -0.161. The van der Waals surface area contributed by atoms with Gasteiger partial charge < -0.3 is 33.8 Å². The number of hydrogen-bond donors (Lipinski definition) is 3. The first-order chi connectivity index (χ1) is 47.4. The molecule has 2 unspecified atom stereocenters. The number of aliphatic hydroxyl groups is 1. The van der Waals surface area contributed by atoms with Crippen LogP contribution in [0.5, 0.6) is 0 Å². The normalized spacial score (nSPS) is 13.9. The topological polar surface area (TPSA) is 237 Å². The number of ether oxygens (including phenoxy) is 4. The number of phosphoric ester groups is 2. The molecule has 5 atom stereocenters. The van der Waals surface area contributed by atoms with Gasteiger partial charge in [0, 0.05) is 25.7 Å². The van der Waals surface area contributed by atoms with E-state index in [4.69, 9.17) is 37.0 Å². The molecule has 0 aliphatic rings. The average Bonchev–Trinajstić information content (AvgIpc) is 1.10. The number of carbonyl (C=O) groups is 4. The molecule has 0 heterocycles. The molecule has 0 radical (unpaired) electrons. The third-order valence-electron chi connectivity index (χ3n) is 18.5. The molecule has 0 fully saturated rings. The fraction of sp³-hybridized carbons (Fsp3) is 0.949. The van der Waals surface area contributed by atoms with Gasteiger partial charge in [-0.15, -0.1) is 0 Å². The Kier molecular flexibility index (Phi) is 69.3. The lowest BCUT2D eigenvalue weighted by Gasteiger charge is -2.21. The molecular weight excluding hydrogens is 1280 g/mol. The van der Waals surface area contributed by atoms with Gasteiger partial charge in [-0.3, -0.25) is 37.3 Å². The summed E-state index contributed by atoms with van der Waals surface area (Å²) in [6, 6.07) is 0. The van der Waals surface area contributed by atoms with E-state index in [0.717, 1.165) is 108 Å². The first kappa shape index (κ1) is 96.1. The highest BCUT2D eigenvalue weighted by Gasteiger charge is 2.30. The van der Waals surface area contributed by atoms with Crippen LogP contribution in [0, 0.1) is 11.8 Å². The summed E-state index contributed by atoms with van der Waals surface area (Å²) in [7, 11) is -9.91. The van der Waals surface area contributed by atoms with E-state index < -0.39 is 97.5 Å². The van der Waals surface area contributed by atoms with Gasteiger partial charge in [0.25, 0.3) is 0 Å². The van der Waals surface area contributed by atoms with E-state index in [-0.39, 0.29) is 25.7 Å². The number of hydrogen-bond acceptors (Lipinski definition) is 15. The minimum atomic E-state index is -4.96. The molecule has 17 nitrogen and oxygen atoms in total. The highest BCUT2D eigenvalue weighted by molar-refractivity contribution is 7.47. The summed E-state index contributed by atoms with van der Waals surface area (Å²) in [6.45, 7) is 9.58. The third-order valence-corrected chi connectivity index (χ3v) is 20.4. The molecule has 0 saturated carbocycles. The van der Waals surface area contributed by atoms with Gasteiger partial charge >= 0.3 is 39.5 Å². The molecule has 0 aliphatic carbocycles. The van der Waals surface area contributed by atoms with Crippen molar-refractivity contribution in [3.63, 3.8) is 0 Å². The van der Waals surface area contributed by atoms with Crippen molar-refractivity contribution >= 4 is 39.5 Å². The van der Waals surface area contributed by atoms with Gasteiger partial charge in [-0.1, -0.05) is 363 Å². The van der Waals surface area contributed by atoms with E-state index >= 15 is 0 Å². The monoisotopic (exact) mass is 1440 g/mol. The number of esters is 4. The van der Waals surface area contributed by atoms with Gasteiger partial charge in [-0.2, -0.15) is 0 Å². The number of unbranched alkanes of at least 4 members (excludes halogenated alkanes) is 48. The minimum absolute atomic E-state index is 0.105. The molecule has 0 aromatic heterocycles. The fourth-order valence-corrected chi connectivity index (χ4v) is 13.8. The van der Waals surface area contributed by atoms with Crippen molar-refractivity contribution in [1.82, 2.24) is 0 Å². The van der Waals surface area contributed by atoms with Gasteiger partial charge in [0.05, 0.1) is 26.4 Å². The number of phosphoric acid groups is 2. The van der Waals surface area contributed by atoms with E-state index in [9.17, 15) is 43.2 Å². The second-order valence-corrected chi connectivity index (χ2v) is 32.3. The summed E-state index contributed by atoms with van der Waals surface area (Å²) in [5.41, 5.74) is 0. The maximum atomic E-state index is 13.1. The second-order valence-electron chi connectivity index (χ2n) is 29.4. The van der Waals surface area contributed by atoms with Crippen molar-refractivity contribution in [2.45, 2.75) is 432 Å². The Hall–Kier alpha value is -1.94. The summed E-state index contributed by atoms with van der Waals surface area (Å²) >= 11 is 0. The standard InChI is InChI=1S/C79H154O17P2/c1-7-9-11-13-15-17-18-19-20-21-22-23-24-25-26-27-30-34-39-45-51-57-63-78(83)95-75(68-90-77(82)62-56-50-44-38-33-31-28-29-32-36-41-47-53-59-71(3)4)70-94-98(87,88)92-66-73(80)65-91-97(85,86)93-69-74(67-89-76(81)61-55-49-43-16-14-12-10-8-2)96-79(84)64-58-52-46-40-35-37-42-48-54-60-72(5)6/h71-75,80H,7-70H2,1-6H3,(H,85,86)(H,87,88)/t73-,74+,75+/m0/s1. The van der Waals surface area contributed by atoms with Crippen LogP contribution in [0.3, 0.4) is 0 Å². The van der Waals surface area contributed by atoms with Crippen LogP contribution in [0.2, 0.25) is 0 Å². The van der Waals surface area contributed by atoms with Gasteiger partial charge in [-0.25, -0.2) is 9.13 Å². The number of rotatable bonds is 78. The smallest absolute Gasteiger partial charge is 0.462 e. The molecule has 0 saturated heterocycles. The van der Waals surface area contributed by atoms with Crippen molar-refractivity contribution in [1.29, 1.82) is 0 Å². The molecule has 0 amide bonds. The zero-order valence-corrected chi connectivity index (χ0v) is 65.9. The van der Waals surface area contributed by atoms with Gasteiger partial charge in [0.2, 0.25) is 0 Å². The summed E-state index contributed by atoms with van der Waals surface area (Å²) in [5, 5.41) is 10.6. The SMILES string of the molecule is CCCCCCCCCCCCCCCCCCCCCCCCC(=O)O[C@H](COC(=O)CCCCCCCCCCCCCCCC(C)C)COP(=O)(O)OC[C@@H](O)COP(=O)(O)OC[C@@H](COC(=O)CCCCCCCCCC)OC(=O)CCCCCCCCCCCC(C)C. The molecule has 0 spiro atoms. The molecule has 0 rings (SSSR count). The summed E-state index contributed by atoms with van der Waals surface area (Å²) < 4.78 is 68.5. The summed E-state index contributed by atoms with van der Waals surface area (Å²) in [4.78, 5) is 72.8. The Morgan fingerprint density at radius 3 is 0.694 bits per heavy atom. The van der Waals surface area contributed by atoms with E-state index in [1.807, 2.05) is 0 Å². The largest absolute Gasteiger partial charge is 0.472 e. The number of carbonyl (C=O) groups excluding carboxylic acids is 4. The second kappa shape index (κ2) is 70.7. The molecule has 0 aromatic rings. The first-order valence-corrected chi connectivity index (χ1v) is 44.0. The Labute approximate surface area is 600 Å². The zero-order valence-electron chi connectivity index (χ0n) is 64.1. The summed E-state index contributed by atoms with van der Waals surface area (Å²) in [5.74, 6) is -0.589. The molecule has 0 aromatic carbocycles. The van der Waals surface area contributed by atoms with Crippen LogP contribution in [0.15, 0.2) is 0 Å². The van der Waals surface area contributed by atoms with Crippen molar-refractivity contribution in [3.8, 4) is 0 Å². The molecule has 0 aliphatic heterocycles. The predicted octanol–water partition coefficient (Wildman–Crippen LogP) is 23.5. The lowest BCUT2D eigenvalue weighted by atomic mass is 10.0. The van der Waals surface area contributed by atoms with Crippen molar-refractivity contribution < 1.29 is 80.2 Å². The zero-order chi connectivity index (χ0) is 72.1. The van der Waals surface area contributed by atoms with Crippen LogP contribution in [0.4, 0.5) is 0 Å². The van der Waals surface area contributed by atoms with E-state index in [0.29, 0.717) is 25.7 Å². The van der Waals surface area contributed by atoms with Gasteiger partial charge in [0.1, 0.15) is 19.3 Å². The predicted molar refractivity (Wildman–Crippen MR) is 400 cm³/mol. The van der Waals surface area contributed by atoms with Gasteiger partial charge in [0.15, 0.2) is 12.2 Å². The van der Waals surface area contributed by atoms with Crippen LogP contribution < -0.4 is 0 Å². The molecular formula is C79H154O17P2. The Morgan fingerprint density at radius 1 is 0.276 bits per heavy atom.